The lowest BCUT2D eigenvalue weighted by Gasteiger charge is -2.21. The molecule has 0 bridgehead atoms. The number of nitro groups is 1. The monoisotopic (exact) mass is 265 g/mol. The zero-order chi connectivity index (χ0) is 14.4. The molecule has 6 heteroatoms. The molecule has 1 aromatic carbocycles. The molecule has 0 aliphatic rings. The summed E-state index contributed by atoms with van der Waals surface area (Å²) in [6, 6.07) is 5.95. The van der Waals surface area contributed by atoms with E-state index in [1.165, 1.54) is 17.0 Å². The Kier molecular flexibility index (Phi) is 5.44. The van der Waals surface area contributed by atoms with Crippen LogP contribution in [0.4, 0.5) is 11.4 Å². The van der Waals surface area contributed by atoms with E-state index in [1.54, 1.807) is 19.2 Å². The molecule has 1 atom stereocenters. The number of hydrogen-bond acceptors (Lipinski definition) is 4. The molecule has 0 aromatic heterocycles. The van der Waals surface area contributed by atoms with Crippen LogP contribution in [0.2, 0.25) is 0 Å². The Labute approximate surface area is 112 Å². The van der Waals surface area contributed by atoms with Crippen molar-refractivity contribution in [3.05, 3.63) is 34.4 Å². The minimum absolute atomic E-state index is 0.0187. The molecule has 1 unspecified atom stereocenters. The maximum atomic E-state index is 12.1. The van der Waals surface area contributed by atoms with E-state index in [4.69, 9.17) is 0 Å². The second kappa shape index (κ2) is 6.84. The summed E-state index contributed by atoms with van der Waals surface area (Å²) in [5.74, 6) is -0.157. The topological polar surface area (TPSA) is 75.5 Å². The minimum atomic E-state index is -0.459. The Bertz CT molecular complexity index is 445. The van der Waals surface area contributed by atoms with Gasteiger partial charge in [0, 0.05) is 37.3 Å². The third-order valence-electron chi connectivity index (χ3n) is 2.90. The third kappa shape index (κ3) is 4.03. The number of amides is 1. The van der Waals surface area contributed by atoms with E-state index >= 15 is 0 Å². The SMILES string of the molecule is CCNCC(C)C(=O)N(C)c1ccc([N+](=O)[O-])cc1. The summed E-state index contributed by atoms with van der Waals surface area (Å²) >= 11 is 0. The molecule has 6 nitrogen and oxygen atoms in total. The molecule has 1 aromatic rings. The van der Waals surface area contributed by atoms with Gasteiger partial charge in [-0.1, -0.05) is 13.8 Å². The van der Waals surface area contributed by atoms with Gasteiger partial charge in [0.25, 0.3) is 5.69 Å². The number of carbonyl (C=O) groups is 1. The molecule has 0 spiro atoms. The molecule has 0 radical (unpaired) electrons. The van der Waals surface area contributed by atoms with Crippen molar-refractivity contribution in [3.8, 4) is 0 Å². The Hall–Kier alpha value is -1.95. The van der Waals surface area contributed by atoms with Gasteiger partial charge in [0.05, 0.1) is 4.92 Å². The molecule has 1 amide bonds. The van der Waals surface area contributed by atoms with E-state index in [2.05, 4.69) is 5.32 Å². The van der Waals surface area contributed by atoms with Crippen LogP contribution in [0.1, 0.15) is 13.8 Å². The highest BCUT2D eigenvalue weighted by Gasteiger charge is 2.18. The molecule has 104 valence electrons. The van der Waals surface area contributed by atoms with Crippen molar-refractivity contribution in [1.29, 1.82) is 0 Å². The number of carbonyl (C=O) groups excluding carboxylic acids is 1. The summed E-state index contributed by atoms with van der Waals surface area (Å²) in [6.07, 6.45) is 0. The van der Waals surface area contributed by atoms with Crippen LogP contribution in [0.5, 0.6) is 0 Å². The van der Waals surface area contributed by atoms with E-state index in [1.807, 2.05) is 13.8 Å². The summed E-state index contributed by atoms with van der Waals surface area (Å²) in [4.78, 5) is 23.7. The summed E-state index contributed by atoms with van der Waals surface area (Å²) in [7, 11) is 1.67. The number of benzene rings is 1. The fourth-order valence-electron chi connectivity index (χ4n) is 1.70. The number of nitrogens with zero attached hydrogens (tertiary/aromatic N) is 2. The molecule has 0 saturated heterocycles. The first-order valence-electron chi connectivity index (χ1n) is 6.20. The number of anilines is 1. The van der Waals surface area contributed by atoms with Gasteiger partial charge in [-0.05, 0) is 18.7 Å². The molecule has 0 aliphatic carbocycles. The van der Waals surface area contributed by atoms with Crippen LogP contribution in [-0.4, -0.2) is 31.0 Å². The first-order valence-corrected chi connectivity index (χ1v) is 6.20. The highest BCUT2D eigenvalue weighted by Crippen LogP contribution is 2.19. The van der Waals surface area contributed by atoms with E-state index in [0.717, 1.165) is 6.54 Å². The van der Waals surface area contributed by atoms with E-state index in [0.29, 0.717) is 12.2 Å². The predicted octanol–water partition coefficient (Wildman–Crippen LogP) is 1.80. The van der Waals surface area contributed by atoms with Gasteiger partial charge < -0.3 is 10.2 Å². The van der Waals surface area contributed by atoms with Gasteiger partial charge in [0.1, 0.15) is 0 Å². The largest absolute Gasteiger partial charge is 0.316 e. The summed E-state index contributed by atoms with van der Waals surface area (Å²) < 4.78 is 0. The third-order valence-corrected chi connectivity index (χ3v) is 2.90. The van der Waals surface area contributed by atoms with Crippen LogP contribution in [-0.2, 0) is 4.79 Å². The smallest absolute Gasteiger partial charge is 0.269 e. The molecule has 0 saturated carbocycles. The number of hydrogen-bond donors (Lipinski definition) is 1. The first kappa shape index (κ1) is 15.1. The Morgan fingerprint density at radius 1 is 1.42 bits per heavy atom. The van der Waals surface area contributed by atoms with Crippen LogP contribution >= 0.6 is 0 Å². The number of nitro benzene ring substituents is 1. The maximum absolute atomic E-state index is 12.1. The highest BCUT2D eigenvalue weighted by atomic mass is 16.6. The van der Waals surface area contributed by atoms with Crippen molar-refractivity contribution in [3.63, 3.8) is 0 Å². The summed E-state index contributed by atoms with van der Waals surface area (Å²) in [5.41, 5.74) is 0.671. The summed E-state index contributed by atoms with van der Waals surface area (Å²) in [5, 5.41) is 13.7. The van der Waals surface area contributed by atoms with Gasteiger partial charge in [-0.3, -0.25) is 14.9 Å². The van der Waals surface area contributed by atoms with Gasteiger partial charge >= 0.3 is 0 Å². The lowest BCUT2D eigenvalue weighted by Crippen LogP contribution is -2.36. The average Bonchev–Trinajstić information content (AvgIpc) is 2.43. The minimum Gasteiger partial charge on any atom is -0.316 e. The highest BCUT2D eigenvalue weighted by molar-refractivity contribution is 5.94. The van der Waals surface area contributed by atoms with Gasteiger partial charge in [-0.15, -0.1) is 0 Å². The zero-order valence-electron chi connectivity index (χ0n) is 11.4. The lowest BCUT2D eigenvalue weighted by molar-refractivity contribution is -0.384. The average molecular weight is 265 g/mol. The number of nitrogens with one attached hydrogen (secondary N) is 1. The normalized spacial score (nSPS) is 11.9. The van der Waals surface area contributed by atoms with Crippen molar-refractivity contribution < 1.29 is 9.72 Å². The Morgan fingerprint density at radius 2 is 2.00 bits per heavy atom. The lowest BCUT2D eigenvalue weighted by atomic mass is 10.1. The van der Waals surface area contributed by atoms with Gasteiger partial charge in [0.2, 0.25) is 5.91 Å². The van der Waals surface area contributed by atoms with Crippen molar-refractivity contribution in [2.45, 2.75) is 13.8 Å². The number of rotatable bonds is 6. The summed E-state index contributed by atoms with van der Waals surface area (Å²) in [6.45, 7) is 5.27. The molecule has 0 aliphatic heterocycles. The first-order chi connectivity index (χ1) is 8.97. The quantitative estimate of drug-likeness (QED) is 0.628. The fourth-order valence-corrected chi connectivity index (χ4v) is 1.70. The van der Waals surface area contributed by atoms with Gasteiger partial charge in [-0.2, -0.15) is 0 Å². The zero-order valence-corrected chi connectivity index (χ0v) is 11.4. The van der Waals surface area contributed by atoms with E-state index in [-0.39, 0.29) is 17.5 Å². The van der Waals surface area contributed by atoms with Crippen LogP contribution in [0.25, 0.3) is 0 Å². The van der Waals surface area contributed by atoms with Crippen LogP contribution in [0.15, 0.2) is 24.3 Å². The van der Waals surface area contributed by atoms with Crippen molar-refractivity contribution in [2.75, 3.05) is 25.0 Å². The fraction of sp³-hybridized carbons (Fsp3) is 0.462. The molecule has 19 heavy (non-hydrogen) atoms. The van der Waals surface area contributed by atoms with E-state index in [9.17, 15) is 14.9 Å². The molecular weight excluding hydrogens is 246 g/mol. The standard InChI is InChI=1S/C13H19N3O3/c1-4-14-9-10(2)13(17)15(3)11-5-7-12(8-6-11)16(18)19/h5-8,10,14H,4,9H2,1-3H3. The van der Waals surface area contributed by atoms with Crippen molar-refractivity contribution in [2.24, 2.45) is 5.92 Å². The number of non-ortho nitro benzene ring substituents is 1. The molecule has 0 heterocycles. The van der Waals surface area contributed by atoms with Crippen molar-refractivity contribution in [1.82, 2.24) is 5.32 Å². The van der Waals surface area contributed by atoms with Crippen LogP contribution < -0.4 is 10.2 Å². The second-order valence-electron chi connectivity index (χ2n) is 4.38. The molecule has 0 fully saturated rings. The predicted molar refractivity (Wildman–Crippen MR) is 74.2 cm³/mol. The van der Waals surface area contributed by atoms with E-state index < -0.39 is 4.92 Å². The maximum Gasteiger partial charge on any atom is 0.269 e. The van der Waals surface area contributed by atoms with Crippen molar-refractivity contribution >= 4 is 17.3 Å². The molecule has 1 N–H and O–H groups in total. The molecular formula is C13H19N3O3. The Balaban J connectivity index is 2.73. The van der Waals surface area contributed by atoms with Gasteiger partial charge in [-0.25, -0.2) is 0 Å². The van der Waals surface area contributed by atoms with Gasteiger partial charge in [0.15, 0.2) is 0 Å². The van der Waals surface area contributed by atoms with Crippen LogP contribution in [0, 0.1) is 16.0 Å². The molecule has 1 rings (SSSR count). The second-order valence-corrected chi connectivity index (χ2v) is 4.38. The Morgan fingerprint density at radius 3 is 2.47 bits per heavy atom. The van der Waals surface area contributed by atoms with Crippen LogP contribution in [0.3, 0.4) is 0 Å².